The molecule has 0 atom stereocenters. The van der Waals surface area contributed by atoms with Gasteiger partial charge in [0.15, 0.2) is 0 Å². The molecule has 0 unspecified atom stereocenters. The second-order valence-corrected chi connectivity index (χ2v) is 4.89. The number of hydrogen-bond acceptors (Lipinski definition) is 4. The van der Waals surface area contributed by atoms with Crippen LogP contribution in [0.5, 0.6) is 0 Å². The Balaban J connectivity index is 2.28. The molecule has 0 bridgehead atoms. The van der Waals surface area contributed by atoms with Gasteiger partial charge in [0.2, 0.25) is 0 Å². The van der Waals surface area contributed by atoms with Gasteiger partial charge in [-0.3, -0.25) is 4.79 Å². The molecule has 4 heteroatoms. The summed E-state index contributed by atoms with van der Waals surface area (Å²) in [6.07, 6.45) is 0.349. The molecule has 0 amide bonds. The zero-order chi connectivity index (χ0) is 12.9. The Morgan fingerprint density at radius 1 is 1.29 bits per heavy atom. The summed E-state index contributed by atoms with van der Waals surface area (Å²) in [5.41, 5.74) is 6.82. The molecule has 1 aromatic carbocycles. The minimum atomic E-state index is -0.418. The van der Waals surface area contributed by atoms with Gasteiger partial charge in [0, 0.05) is 17.9 Å². The lowest BCUT2D eigenvalue weighted by molar-refractivity contribution is -0.154. The number of rotatable bonds is 4. The summed E-state index contributed by atoms with van der Waals surface area (Å²) in [7, 11) is 0. The standard InChI is InChI=1S/C13H20N2O2/c1-13(2,3)17-12(16)8-9-15-11-6-4-10(14)5-7-11/h4-7,15H,8-9,14H2,1-3H3. The minimum absolute atomic E-state index is 0.194. The molecule has 0 heterocycles. The number of carbonyl (C=O) groups excluding carboxylic acids is 1. The molecule has 0 aliphatic rings. The number of nitrogen functional groups attached to an aromatic ring is 1. The molecular formula is C13H20N2O2. The normalized spacial score (nSPS) is 11.0. The number of carbonyl (C=O) groups is 1. The molecule has 94 valence electrons. The third-order valence-corrected chi connectivity index (χ3v) is 1.99. The Morgan fingerprint density at radius 2 is 1.88 bits per heavy atom. The highest BCUT2D eigenvalue weighted by atomic mass is 16.6. The number of esters is 1. The van der Waals surface area contributed by atoms with Crippen LogP contribution in [0.4, 0.5) is 11.4 Å². The van der Waals surface area contributed by atoms with Gasteiger partial charge in [0.1, 0.15) is 5.60 Å². The van der Waals surface area contributed by atoms with Crippen LogP contribution in [0, 0.1) is 0 Å². The SMILES string of the molecule is CC(C)(C)OC(=O)CCNc1ccc(N)cc1. The maximum absolute atomic E-state index is 11.4. The quantitative estimate of drug-likeness (QED) is 0.622. The van der Waals surface area contributed by atoms with Crippen LogP contribution in [-0.2, 0) is 9.53 Å². The van der Waals surface area contributed by atoms with Gasteiger partial charge < -0.3 is 15.8 Å². The molecule has 0 radical (unpaired) electrons. The first-order chi connectivity index (χ1) is 7.87. The van der Waals surface area contributed by atoms with Crippen LogP contribution in [0.2, 0.25) is 0 Å². The Kier molecular flexibility index (Phi) is 4.37. The van der Waals surface area contributed by atoms with E-state index in [9.17, 15) is 4.79 Å². The number of anilines is 2. The van der Waals surface area contributed by atoms with E-state index in [1.54, 1.807) is 0 Å². The highest BCUT2D eigenvalue weighted by Crippen LogP contribution is 2.11. The summed E-state index contributed by atoms with van der Waals surface area (Å²) in [5, 5.41) is 3.13. The summed E-state index contributed by atoms with van der Waals surface area (Å²) >= 11 is 0. The van der Waals surface area contributed by atoms with Gasteiger partial charge in [-0.15, -0.1) is 0 Å². The van der Waals surface area contributed by atoms with E-state index >= 15 is 0 Å². The van der Waals surface area contributed by atoms with Gasteiger partial charge in [0.05, 0.1) is 6.42 Å². The minimum Gasteiger partial charge on any atom is -0.460 e. The summed E-state index contributed by atoms with van der Waals surface area (Å²) < 4.78 is 5.20. The molecule has 0 fully saturated rings. The van der Waals surface area contributed by atoms with E-state index < -0.39 is 5.60 Å². The molecule has 3 N–H and O–H groups in total. The van der Waals surface area contributed by atoms with Crippen molar-refractivity contribution < 1.29 is 9.53 Å². The summed E-state index contributed by atoms with van der Waals surface area (Å²) in [5.74, 6) is -0.194. The second-order valence-electron chi connectivity index (χ2n) is 4.89. The molecule has 0 aromatic heterocycles. The molecule has 0 saturated heterocycles. The highest BCUT2D eigenvalue weighted by molar-refractivity contribution is 5.70. The predicted octanol–water partition coefficient (Wildman–Crippen LogP) is 2.41. The van der Waals surface area contributed by atoms with Crippen LogP contribution in [0.1, 0.15) is 27.2 Å². The van der Waals surface area contributed by atoms with Gasteiger partial charge in [-0.05, 0) is 45.0 Å². The van der Waals surface area contributed by atoms with E-state index in [0.717, 1.165) is 11.4 Å². The van der Waals surface area contributed by atoms with E-state index in [-0.39, 0.29) is 5.97 Å². The van der Waals surface area contributed by atoms with Crippen molar-refractivity contribution in [1.29, 1.82) is 0 Å². The summed E-state index contributed by atoms with van der Waals surface area (Å²) in [6.45, 7) is 6.13. The number of nitrogens with one attached hydrogen (secondary N) is 1. The first-order valence-electron chi connectivity index (χ1n) is 5.68. The Bertz CT molecular complexity index is 366. The van der Waals surface area contributed by atoms with Crippen molar-refractivity contribution in [2.24, 2.45) is 0 Å². The van der Waals surface area contributed by atoms with E-state index in [2.05, 4.69) is 5.32 Å². The molecule has 17 heavy (non-hydrogen) atoms. The lowest BCUT2D eigenvalue weighted by atomic mass is 10.2. The summed E-state index contributed by atoms with van der Waals surface area (Å²) in [4.78, 5) is 11.4. The zero-order valence-corrected chi connectivity index (χ0v) is 10.6. The molecule has 0 saturated carbocycles. The lowest BCUT2D eigenvalue weighted by Gasteiger charge is -2.19. The van der Waals surface area contributed by atoms with Crippen molar-refractivity contribution in [3.63, 3.8) is 0 Å². The highest BCUT2D eigenvalue weighted by Gasteiger charge is 2.15. The number of nitrogens with two attached hydrogens (primary N) is 1. The van der Waals surface area contributed by atoms with Crippen molar-refractivity contribution >= 4 is 17.3 Å². The Hall–Kier alpha value is -1.71. The smallest absolute Gasteiger partial charge is 0.308 e. The third-order valence-electron chi connectivity index (χ3n) is 1.99. The third kappa shape index (κ3) is 5.80. The molecule has 4 nitrogen and oxygen atoms in total. The monoisotopic (exact) mass is 236 g/mol. The van der Waals surface area contributed by atoms with Crippen LogP contribution < -0.4 is 11.1 Å². The van der Waals surface area contributed by atoms with Gasteiger partial charge in [0.25, 0.3) is 0 Å². The van der Waals surface area contributed by atoms with Gasteiger partial charge in [-0.2, -0.15) is 0 Å². The van der Waals surface area contributed by atoms with Crippen molar-refractivity contribution in [2.75, 3.05) is 17.6 Å². The van der Waals surface area contributed by atoms with E-state index in [4.69, 9.17) is 10.5 Å². The van der Waals surface area contributed by atoms with E-state index in [1.807, 2.05) is 45.0 Å². The van der Waals surface area contributed by atoms with Crippen LogP contribution in [0.3, 0.4) is 0 Å². The van der Waals surface area contributed by atoms with Crippen molar-refractivity contribution in [3.8, 4) is 0 Å². The zero-order valence-electron chi connectivity index (χ0n) is 10.6. The van der Waals surface area contributed by atoms with Crippen LogP contribution in [0.25, 0.3) is 0 Å². The van der Waals surface area contributed by atoms with Crippen LogP contribution in [-0.4, -0.2) is 18.1 Å². The molecule has 0 aliphatic carbocycles. The van der Waals surface area contributed by atoms with Crippen LogP contribution >= 0.6 is 0 Å². The fourth-order valence-corrected chi connectivity index (χ4v) is 1.30. The average molecular weight is 236 g/mol. The maximum Gasteiger partial charge on any atom is 0.308 e. The number of benzene rings is 1. The molecule has 1 rings (SSSR count). The average Bonchev–Trinajstić information content (AvgIpc) is 2.18. The maximum atomic E-state index is 11.4. The lowest BCUT2D eigenvalue weighted by Crippen LogP contribution is -2.25. The van der Waals surface area contributed by atoms with E-state index in [1.165, 1.54) is 0 Å². The van der Waals surface area contributed by atoms with Crippen LogP contribution in [0.15, 0.2) is 24.3 Å². The van der Waals surface area contributed by atoms with Gasteiger partial charge in [-0.25, -0.2) is 0 Å². The fourth-order valence-electron chi connectivity index (χ4n) is 1.30. The molecule has 0 spiro atoms. The topological polar surface area (TPSA) is 64.3 Å². The number of hydrogen-bond donors (Lipinski definition) is 2. The van der Waals surface area contributed by atoms with Crippen molar-refractivity contribution in [2.45, 2.75) is 32.8 Å². The fraction of sp³-hybridized carbons (Fsp3) is 0.462. The first-order valence-corrected chi connectivity index (χ1v) is 5.68. The molecule has 1 aromatic rings. The second kappa shape index (κ2) is 5.57. The largest absolute Gasteiger partial charge is 0.460 e. The predicted molar refractivity (Wildman–Crippen MR) is 69.8 cm³/mol. The Morgan fingerprint density at radius 3 is 2.41 bits per heavy atom. The van der Waals surface area contributed by atoms with Gasteiger partial charge in [-0.1, -0.05) is 0 Å². The molecule has 0 aliphatic heterocycles. The van der Waals surface area contributed by atoms with Crippen molar-refractivity contribution in [3.05, 3.63) is 24.3 Å². The molecular weight excluding hydrogens is 216 g/mol. The van der Waals surface area contributed by atoms with E-state index in [0.29, 0.717) is 13.0 Å². The number of ether oxygens (including phenoxy) is 1. The van der Waals surface area contributed by atoms with Crippen molar-refractivity contribution in [1.82, 2.24) is 0 Å². The Labute approximate surface area is 102 Å². The first kappa shape index (κ1) is 13.4. The van der Waals surface area contributed by atoms with Gasteiger partial charge >= 0.3 is 5.97 Å². The summed E-state index contributed by atoms with van der Waals surface area (Å²) in [6, 6.07) is 7.39.